The summed E-state index contributed by atoms with van der Waals surface area (Å²) >= 11 is 0. The Morgan fingerprint density at radius 1 is 1.54 bits per heavy atom. The highest BCUT2D eigenvalue weighted by atomic mass is 31.1. The maximum atomic E-state index is 9.27. The fourth-order valence-electron chi connectivity index (χ4n) is 1.20. The molecule has 1 aromatic carbocycles. The Labute approximate surface area is 81.2 Å². The molecule has 0 saturated carbocycles. The normalized spacial score (nSPS) is 13.7. The standard InChI is InChI=1S/C10H16NOP/c1-8(7-11-13-2)9-4-3-5-10(12)6-9/h3-6,8,11-13H,7H2,1-2H3/t8-/m0/s1. The number of rotatable bonds is 4. The highest BCUT2D eigenvalue weighted by Gasteiger charge is 2.04. The summed E-state index contributed by atoms with van der Waals surface area (Å²) < 4.78 is 0. The van der Waals surface area contributed by atoms with Crippen molar-refractivity contribution in [3.8, 4) is 5.75 Å². The number of phenols is 1. The molecule has 0 aliphatic heterocycles. The molecule has 0 radical (unpaired) electrons. The zero-order valence-electron chi connectivity index (χ0n) is 8.04. The van der Waals surface area contributed by atoms with E-state index in [4.69, 9.17) is 0 Å². The molecule has 1 aromatic rings. The molecule has 0 saturated heterocycles. The summed E-state index contributed by atoms with van der Waals surface area (Å²) in [7, 11) is 0.780. The van der Waals surface area contributed by atoms with E-state index in [0.29, 0.717) is 11.7 Å². The Kier molecular flexibility index (Phi) is 4.20. The molecule has 3 heteroatoms. The molecule has 0 heterocycles. The molecule has 0 amide bonds. The molecular formula is C10H16NOP. The fraction of sp³-hybridized carbons (Fsp3) is 0.400. The lowest BCUT2D eigenvalue weighted by Crippen LogP contribution is -2.11. The second-order valence-corrected chi connectivity index (χ2v) is 3.98. The van der Waals surface area contributed by atoms with Gasteiger partial charge in [0.2, 0.25) is 0 Å². The first-order valence-electron chi connectivity index (χ1n) is 4.42. The molecular weight excluding hydrogens is 181 g/mol. The molecule has 0 aromatic heterocycles. The van der Waals surface area contributed by atoms with Gasteiger partial charge >= 0.3 is 0 Å². The van der Waals surface area contributed by atoms with Crippen LogP contribution >= 0.6 is 8.73 Å². The van der Waals surface area contributed by atoms with E-state index in [1.54, 1.807) is 6.07 Å². The van der Waals surface area contributed by atoms with Crippen molar-refractivity contribution in [3.05, 3.63) is 29.8 Å². The Bertz CT molecular complexity index is 265. The van der Waals surface area contributed by atoms with E-state index < -0.39 is 0 Å². The van der Waals surface area contributed by atoms with Crippen molar-refractivity contribution in [1.29, 1.82) is 0 Å². The number of nitrogens with one attached hydrogen (secondary N) is 1. The minimum absolute atomic E-state index is 0.350. The van der Waals surface area contributed by atoms with E-state index in [1.165, 1.54) is 5.56 Å². The summed E-state index contributed by atoms with van der Waals surface area (Å²) in [5.74, 6) is 0.808. The van der Waals surface area contributed by atoms with Gasteiger partial charge in [0.05, 0.1) is 0 Å². The van der Waals surface area contributed by atoms with Crippen LogP contribution in [-0.4, -0.2) is 18.3 Å². The van der Waals surface area contributed by atoms with Crippen LogP contribution in [0, 0.1) is 0 Å². The van der Waals surface area contributed by atoms with Crippen molar-refractivity contribution in [2.24, 2.45) is 0 Å². The van der Waals surface area contributed by atoms with E-state index in [9.17, 15) is 5.11 Å². The Balaban J connectivity index is 2.60. The van der Waals surface area contributed by atoms with Gasteiger partial charge in [-0.05, 0) is 30.3 Å². The van der Waals surface area contributed by atoms with Gasteiger partial charge in [-0.3, -0.25) is 5.09 Å². The summed E-state index contributed by atoms with van der Waals surface area (Å²) in [4.78, 5) is 0. The van der Waals surface area contributed by atoms with Gasteiger partial charge in [0.25, 0.3) is 0 Å². The zero-order chi connectivity index (χ0) is 9.68. The van der Waals surface area contributed by atoms with Crippen molar-refractivity contribution in [2.75, 3.05) is 13.2 Å². The third-order valence-electron chi connectivity index (χ3n) is 2.02. The van der Waals surface area contributed by atoms with Crippen LogP contribution in [0.5, 0.6) is 5.75 Å². The predicted molar refractivity (Wildman–Crippen MR) is 58.8 cm³/mol. The third kappa shape index (κ3) is 3.33. The highest BCUT2D eigenvalue weighted by molar-refractivity contribution is 7.34. The molecule has 2 atom stereocenters. The van der Waals surface area contributed by atoms with Crippen LogP contribution in [0.3, 0.4) is 0 Å². The summed E-state index contributed by atoms with van der Waals surface area (Å²) in [6.45, 7) is 5.25. The molecule has 0 spiro atoms. The van der Waals surface area contributed by atoms with E-state index in [-0.39, 0.29) is 0 Å². The lowest BCUT2D eigenvalue weighted by atomic mass is 10.0. The van der Waals surface area contributed by atoms with Crippen molar-refractivity contribution >= 4 is 8.73 Å². The van der Waals surface area contributed by atoms with Crippen LogP contribution in [0.4, 0.5) is 0 Å². The van der Waals surface area contributed by atoms with Gasteiger partial charge in [-0.1, -0.05) is 27.8 Å². The van der Waals surface area contributed by atoms with Gasteiger partial charge in [-0.2, -0.15) is 0 Å². The van der Waals surface area contributed by atoms with Crippen molar-refractivity contribution in [1.82, 2.24) is 5.09 Å². The van der Waals surface area contributed by atoms with Gasteiger partial charge in [0, 0.05) is 6.54 Å². The van der Waals surface area contributed by atoms with Gasteiger partial charge in [-0.15, -0.1) is 0 Å². The lowest BCUT2D eigenvalue weighted by Gasteiger charge is -2.11. The van der Waals surface area contributed by atoms with Crippen LogP contribution in [0.15, 0.2) is 24.3 Å². The summed E-state index contributed by atoms with van der Waals surface area (Å²) in [6, 6.07) is 7.45. The maximum absolute atomic E-state index is 9.27. The van der Waals surface area contributed by atoms with Crippen molar-refractivity contribution < 1.29 is 5.11 Å². The molecule has 13 heavy (non-hydrogen) atoms. The largest absolute Gasteiger partial charge is 0.508 e. The average Bonchev–Trinajstić information content (AvgIpc) is 2.14. The van der Waals surface area contributed by atoms with Gasteiger partial charge in [0.15, 0.2) is 0 Å². The first-order valence-corrected chi connectivity index (χ1v) is 5.92. The topological polar surface area (TPSA) is 32.3 Å². The number of benzene rings is 1. The van der Waals surface area contributed by atoms with E-state index in [0.717, 1.165) is 15.3 Å². The molecule has 0 fully saturated rings. The van der Waals surface area contributed by atoms with Crippen molar-refractivity contribution in [2.45, 2.75) is 12.8 Å². The number of hydrogen-bond acceptors (Lipinski definition) is 2. The Morgan fingerprint density at radius 2 is 2.31 bits per heavy atom. The molecule has 72 valence electrons. The Hall–Kier alpha value is -0.590. The van der Waals surface area contributed by atoms with Crippen molar-refractivity contribution in [3.63, 3.8) is 0 Å². The summed E-state index contributed by atoms with van der Waals surface area (Å²) in [5.41, 5.74) is 1.19. The minimum Gasteiger partial charge on any atom is -0.508 e. The molecule has 0 bridgehead atoms. The number of phenolic OH excluding ortho intramolecular Hbond substituents is 1. The van der Waals surface area contributed by atoms with Gasteiger partial charge in [0.1, 0.15) is 5.75 Å². The molecule has 2 N–H and O–H groups in total. The molecule has 2 nitrogen and oxygen atoms in total. The van der Waals surface area contributed by atoms with Crippen LogP contribution in [0.2, 0.25) is 0 Å². The first kappa shape index (κ1) is 10.5. The van der Waals surface area contributed by atoms with E-state index in [2.05, 4.69) is 18.7 Å². The van der Waals surface area contributed by atoms with Crippen LogP contribution in [0.25, 0.3) is 0 Å². The van der Waals surface area contributed by atoms with Crippen LogP contribution in [-0.2, 0) is 0 Å². The first-order chi connectivity index (χ1) is 6.24. The predicted octanol–water partition coefficient (Wildman–Crippen LogP) is 2.31. The highest BCUT2D eigenvalue weighted by Crippen LogP contribution is 2.19. The van der Waals surface area contributed by atoms with Crippen LogP contribution < -0.4 is 5.09 Å². The van der Waals surface area contributed by atoms with Gasteiger partial charge in [-0.25, -0.2) is 0 Å². The van der Waals surface area contributed by atoms with E-state index >= 15 is 0 Å². The molecule has 0 aliphatic carbocycles. The average molecular weight is 197 g/mol. The number of hydrogen-bond donors (Lipinski definition) is 2. The second kappa shape index (κ2) is 5.21. The Morgan fingerprint density at radius 3 is 2.92 bits per heavy atom. The summed E-state index contributed by atoms with van der Waals surface area (Å²) in [6.07, 6.45) is 0. The minimum atomic E-state index is 0.350. The number of aromatic hydroxyl groups is 1. The molecule has 1 unspecified atom stereocenters. The summed E-state index contributed by atoms with van der Waals surface area (Å²) in [5, 5.41) is 12.6. The monoisotopic (exact) mass is 197 g/mol. The quantitative estimate of drug-likeness (QED) is 0.726. The van der Waals surface area contributed by atoms with Crippen LogP contribution in [0.1, 0.15) is 18.4 Å². The maximum Gasteiger partial charge on any atom is 0.115 e. The molecule has 1 rings (SSSR count). The fourth-order valence-corrected chi connectivity index (χ4v) is 1.71. The molecule has 0 aliphatic rings. The lowest BCUT2D eigenvalue weighted by molar-refractivity contribution is 0.474. The smallest absolute Gasteiger partial charge is 0.115 e. The third-order valence-corrected chi connectivity index (χ3v) is 2.58. The van der Waals surface area contributed by atoms with E-state index in [1.807, 2.05) is 18.2 Å². The van der Waals surface area contributed by atoms with Gasteiger partial charge < -0.3 is 5.11 Å². The zero-order valence-corrected chi connectivity index (χ0v) is 9.04. The second-order valence-electron chi connectivity index (χ2n) is 3.13. The SMILES string of the molecule is CPNC[C@H](C)c1cccc(O)c1.